The number of hydrogen-bond acceptors (Lipinski definition) is 5. The number of carbonyl (C=O) groups is 1. The highest BCUT2D eigenvalue weighted by Crippen LogP contribution is 2.31. The molecule has 0 bridgehead atoms. The zero-order valence-electron chi connectivity index (χ0n) is 15.8. The summed E-state index contributed by atoms with van der Waals surface area (Å²) in [5.74, 6) is 1.14. The maximum atomic E-state index is 12.9. The number of piperidine rings is 1. The first-order valence-electron chi connectivity index (χ1n) is 9.60. The zero-order chi connectivity index (χ0) is 20.2. The number of halogens is 1. The standard InChI is InChI=1S/C21H21ClN4O3/c22-16-7-5-15(6-8-16)12-17-13-24-20(29-17)18-4-1-2-11-26(18)19(27)14-25-10-3-9-23-21(25)28/h3,5-10,13,18H,1-2,4,11-12,14H2/t18-/m0/s1. The summed E-state index contributed by atoms with van der Waals surface area (Å²) < 4.78 is 7.31. The summed E-state index contributed by atoms with van der Waals surface area (Å²) in [6, 6.07) is 9.01. The average Bonchev–Trinajstić information content (AvgIpc) is 3.20. The van der Waals surface area contributed by atoms with Crippen molar-refractivity contribution in [2.24, 2.45) is 0 Å². The van der Waals surface area contributed by atoms with E-state index in [9.17, 15) is 9.59 Å². The molecule has 1 amide bonds. The van der Waals surface area contributed by atoms with Crippen LogP contribution >= 0.6 is 11.6 Å². The van der Waals surface area contributed by atoms with E-state index in [-0.39, 0.29) is 18.5 Å². The molecule has 3 aromatic rings. The lowest BCUT2D eigenvalue weighted by molar-refractivity contribution is -0.136. The van der Waals surface area contributed by atoms with Crippen molar-refractivity contribution >= 4 is 17.5 Å². The topological polar surface area (TPSA) is 81.2 Å². The van der Waals surface area contributed by atoms with E-state index >= 15 is 0 Å². The molecule has 2 aromatic heterocycles. The number of carbonyl (C=O) groups excluding carboxylic acids is 1. The lowest BCUT2D eigenvalue weighted by atomic mass is 10.0. The normalized spacial score (nSPS) is 16.7. The van der Waals surface area contributed by atoms with Gasteiger partial charge in [-0.1, -0.05) is 23.7 Å². The van der Waals surface area contributed by atoms with Gasteiger partial charge in [-0.25, -0.2) is 14.8 Å². The Bertz CT molecular complexity index is 1040. The summed E-state index contributed by atoms with van der Waals surface area (Å²) in [4.78, 5) is 34.6. The minimum atomic E-state index is -0.434. The fraction of sp³-hybridized carbons (Fsp3) is 0.333. The van der Waals surface area contributed by atoms with Crippen molar-refractivity contribution in [1.82, 2.24) is 19.4 Å². The van der Waals surface area contributed by atoms with Gasteiger partial charge in [0.25, 0.3) is 0 Å². The van der Waals surface area contributed by atoms with E-state index in [2.05, 4.69) is 9.97 Å². The van der Waals surface area contributed by atoms with Crippen molar-refractivity contribution < 1.29 is 9.21 Å². The third-order valence-corrected chi connectivity index (χ3v) is 5.31. The zero-order valence-corrected chi connectivity index (χ0v) is 16.6. The minimum Gasteiger partial charge on any atom is -0.443 e. The van der Waals surface area contributed by atoms with Gasteiger partial charge in [-0.3, -0.25) is 9.36 Å². The van der Waals surface area contributed by atoms with Gasteiger partial charge in [-0.15, -0.1) is 0 Å². The molecule has 8 heteroatoms. The molecular formula is C21H21ClN4O3. The van der Waals surface area contributed by atoms with Gasteiger partial charge in [0.1, 0.15) is 18.3 Å². The predicted molar refractivity (Wildman–Crippen MR) is 108 cm³/mol. The number of rotatable bonds is 5. The van der Waals surface area contributed by atoms with Crippen LogP contribution in [0.2, 0.25) is 5.02 Å². The fourth-order valence-corrected chi connectivity index (χ4v) is 3.72. The molecule has 4 rings (SSSR count). The number of oxazole rings is 1. The number of hydrogen-bond donors (Lipinski definition) is 0. The first-order valence-corrected chi connectivity index (χ1v) is 9.98. The Morgan fingerprint density at radius 3 is 2.83 bits per heavy atom. The Kier molecular flexibility index (Phi) is 5.76. The van der Waals surface area contributed by atoms with Gasteiger partial charge in [0.2, 0.25) is 11.8 Å². The summed E-state index contributed by atoms with van der Waals surface area (Å²) in [5, 5.41) is 0.691. The Morgan fingerprint density at radius 2 is 2.03 bits per heavy atom. The second-order valence-corrected chi connectivity index (χ2v) is 7.53. The van der Waals surface area contributed by atoms with Crippen LogP contribution < -0.4 is 5.69 Å². The van der Waals surface area contributed by atoms with Crippen LogP contribution in [0, 0.1) is 0 Å². The van der Waals surface area contributed by atoms with Crippen LogP contribution in [0.3, 0.4) is 0 Å². The van der Waals surface area contributed by atoms with Crippen LogP contribution in [0.25, 0.3) is 0 Å². The van der Waals surface area contributed by atoms with Crippen LogP contribution in [0.15, 0.2) is 58.1 Å². The highest BCUT2D eigenvalue weighted by molar-refractivity contribution is 6.30. The lowest BCUT2D eigenvalue weighted by Crippen LogP contribution is -2.42. The molecule has 1 aromatic carbocycles. The Labute approximate surface area is 173 Å². The summed E-state index contributed by atoms with van der Waals surface area (Å²) >= 11 is 5.94. The molecule has 1 saturated heterocycles. The molecule has 1 aliphatic heterocycles. The van der Waals surface area contributed by atoms with E-state index in [4.69, 9.17) is 16.0 Å². The van der Waals surface area contributed by atoms with E-state index < -0.39 is 5.69 Å². The van der Waals surface area contributed by atoms with Crippen molar-refractivity contribution in [3.05, 3.63) is 81.6 Å². The summed E-state index contributed by atoms with van der Waals surface area (Å²) in [6.45, 7) is 0.578. The van der Waals surface area contributed by atoms with Gasteiger partial charge >= 0.3 is 5.69 Å². The molecule has 0 radical (unpaired) electrons. The molecule has 0 spiro atoms. The van der Waals surface area contributed by atoms with Gasteiger partial charge < -0.3 is 9.32 Å². The number of amides is 1. The molecule has 0 N–H and O–H groups in total. The van der Waals surface area contributed by atoms with Gasteiger partial charge in [0.15, 0.2) is 0 Å². The van der Waals surface area contributed by atoms with E-state index in [0.29, 0.717) is 23.9 Å². The van der Waals surface area contributed by atoms with Crippen LogP contribution in [-0.2, 0) is 17.8 Å². The Hall–Kier alpha value is -2.93. The van der Waals surface area contributed by atoms with Crippen molar-refractivity contribution in [1.29, 1.82) is 0 Å². The number of aromatic nitrogens is 3. The molecule has 3 heterocycles. The molecule has 1 atom stereocenters. The van der Waals surface area contributed by atoms with Crippen LogP contribution in [0.1, 0.15) is 42.5 Å². The number of benzene rings is 1. The van der Waals surface area contributed by atoms with Gasteiger partial charge in [0, 0.05) is 30.4 Å². The minimum absolute atomic E-state index is 0.0402. The van der Waals surface area contributed by atoms with E-state index in [1.165, 1.54) is 10.8 Å². The Morgan fingerprint density at radius 1 is 1.21 bits per heavy atom. The van der Waals surface area contributed by atoms with Crippen molar-refractivity contribution in [2.45, 2.75) is 38.3 Å². The lowest BCUT2D eigenvalue weighted by Gasteiger charge is -2.33. The third-order valence-electron chi connectivity index (χ3n) is 5.06. The first kappa shape index (κ1) is 19.4. The average molecular weight is 413 g/mol. The third kappa shape index (κ3) is 4.56. The summed E-state index contributed by atoms with van der Waals surface area (Å²) in [7, 11) is 0. The van der Waals surface area contributed by atoms with E-state index in [1.54, 1.807) is 23.4 Å². The second kappa shape index (κ2) is 8.61. The first-order chi connectivity index (χ1) is 14.1. The maximum Gasteiger partial charge on any atom is 0.347 e. The highest BCUT2D eigenvalue weighted by atomic mass is 35.5. The molecular weight excluding hydrogens is 392 g/mol. The smallest absolute Gasteiger partial charge is 0.347 e. The van der Waals surface area contributed by atoms with Crippen LogP contribution in [-0.4, -0.2) is 31.9 Å². The highest BCUT2D eigenvalue weighted by Gasteiger charge is 2.31. The second-order valence-electron chi connectivity index (χ2n) is 7.10. The van der Waals surface area contributed by atoms with E-state index in [0.717, 1.165) is 30.6 Å². The molecule has 0 saturated carbocycles. The molecule has 7 nitrogen and oxygen atoms in total. The van der Waals surface area contributed by atoms with Crippen LogP contribution in [0.5, 0.6) is 0 Å². The molecule has 0 aliphatic carbocycles. The number of likely N-dealkylation sites (tertiary alicyclic amines) is 1. The monoisotopic (exact) mass is 412 g/mol. The van der Waals surface area contributed by atoms with E-state index in [1.807, 2.05) is 24.3 Å². The van der Waals surface area contributed by atoms with Gasteiger partial charge in [-0.2, -0.15) is 0 Å². The number of nitrogens with zero attached hydrogens (tertiary/aromatic N) is 4. The van der Waals surface area contributed by atoms with Crippen LogP contribution in [0.4, 0.5) is 0 Å². The van der Waals surface area contributed by atoms with Gasteiger partial charge in [0.05, 0.1) is 6.20 Å². The SMILES string of the molecule is O=C(Cn1cccnc1=O)N1CCCC[C@H]1c1ncc(Cc2ccc(Cl)cc2)o1. The van der Waals surface area contributed by atoms with Crippen molar-refractivity contribution in [3.63, 3.8) is 0 Å². The molecule has 29 heavy (non-hydrogen) atoms. The van der Waals surface area contributed by atoms with Crippen molar-refractivity contribution in [2.75, 3.05) is 6.54 Å². The fourth-order valence-electron chi connectivity index (χ4n) is 3.59. The quantitative estimate of drug-likeness (QED) is 0.642. The Balaban J connectivity index is 1.49. The predicted octanol–water partition coefficient (Wildman–Crippen LogP) is 3.23. The maximum absolute atomic E-state index is 12.9. The van der Waals surface area contributed by atoms with Crippen molar-refractivity contribution in [3.8, 4) is 0 Å². The molecule has 150 valence electrons. The largest absolute Gasteiger partial charge is 0.443 e. The van der Waals surface area contributed by atoms with Gasteiger partial charge in [-0.05, 0) is 43.0 Å². The molecule has 1 fully saturated rings. The molecule has 0 unspecified atom stereocenters. The summed E-state index contributed by atoms with van der Waals surface area (Å²) in [5.41, 5.74) is 0.639. The summed E-state index contributed by atoms with van der Waals surface area (Å²) in [6.07, 6.45) is 8.01. The molecule has 1 aliphatic rings.